The minimum absolute atomic E-state index is 0.387. The van der Waals surface area contributed by atoms with Crippen LogP contribution in [-0.4, -0.2) is 51.4 Å². The van der Waals surface area contributed by atoms with Gasteiger partial charge in [-0.25, -0.2) is 0 Å². The molecule has 0 spiro atoms. The molecule has 1 aliphatic carbocycles. The van der Waals surface area contributed by atoms with Crippen LogP contribution in [0.5, 0.6) is 5.75 Å². The normalized spacial score (nSPS) is 27.1. The molecular formula is C16H24N2O2. The van der Waals surface area contributed by atoms with Crippen molar-refractivity contribution in [1.82, 2.24) is 10.2 Å². The molecule has 20 heavy (non-hydrogen) atoms. The molecule has 4 nitrogen and oxygen atoms in total. The van der Waals surface area contributed by atoms with E-state index in [-0.39, 0.29) is 0 Å². The van der Waals surface area contributed by atoms with Gasteiger partial charge in [0.2, 0.25) is 0 Å². The maximum atomic E-state index is 5.58. The Balaban J connectivity index is 1.83. The molecule has 2 unspecified atom stereocenters. The van der Waals surface area contributed by atoms with Crippen LogP contribution >= 0.6 is 0 Å². The fourth-order valence-corrected chi connectivity index (χ4v) is 3.51. The predicted octanol–water partition coefficient (Wildman–Crippen LogP) is 1.60. The summed E-state index contributed by atoms with van der Waals surface area (Å²) in [5.74, 6) is 0.948. The van der Waals surface area contributed by atoms with Crippen LogP contribution in [0.1, 0.15) is 23.6 Å². The van der Waals surface area contributed by atoms with Gasteiger partial charge in [-0.05, 0) is 43.1 Å². The Kier molecular flexibility index (Phi) is 4.24. The van der Waals surface area contributed by atoms with Crippen LogP contribution < -0.4 is 10.1 Å². The lowest BCUT2D eigenvalue weighted by Gasteiger charge is -2.31. The van der Waals surface area contributed by atoms with Crippen LogP contribution in [0.2, 0.25) is 0 Å². The van der Waals surface area contributed by atoms with E-state index in [2.05, 4.69) is 35.5 Å². The van der Waals surface area contributed by atoms with E-state index in [1.165, 1.54) is 11.1 Å². The molecule has 0 aromatic heterocycles. The Labute approximate surface area is 121 Å². The van der Waals surface area contributed by atoms with Crippen LogP contribution in [0, 0.1) is 0 Å². The summed E-state index contributed by atoms with van der Waals surface area (Å²) < 4.78 is 11.0. The number of nitrogens with one attached hydrogen (secondary N) is 1. The number of hydrogen-bond donors (Lipinski definition) is 1. The van der Waals surface area contributed by atoms with Gasteiger partial charge in [-0.15, -0.1) is 0 Å². The first-order valence-corrected chi connectivity index (χ1v) is 7.49. The molecule has 3 rings (SSSR count). The van der Waals surface area contributed by atoms with Crippen molar-refractivity contribution in [1.29, 1.82) is 0 Å². The maximum absolute atomic E-state index is 5.58. The first kappa shape index (κ1) is 13.9. The maximum Gasteiger partial charge on any atom is 0.119 e. The minimum Gasteiger partial charge on any atom is -0.497 e. The van der Waals surface area contributed by atoms with Gasteiger partial charge >= 0.3 is 0 Å². The summed E-state index contributed by atoms with van der Waals surface area (Å²) in [4.78, 5) is 2.58. The van der Waals surface area contributed by atoms with Crippen molar-refractivity contribution in [3.63, 3.8) is 0 Å². The van der Waals surface area contributed by atoms with Crippen LogP contribution in [0.25, 0.3) is 0 Å². The number of methoxy groups -OCH3 is 1. The summed E-state index contributed by atoms with van der Waals surface area (Å²) >= 11 is 0. The molecule has 1 aromatic carbocycles. The average Bonchev–Trinajstić information content (AvgIpc) is 2.65. The molecule has 0 saturated carbocycles. The summed E-state index contributed by atoms with van der Waals surface area (Å²) in [5, 5.41) is 3.50. The molecular weight excluding hydrogens is 252 g/mol. The summed E-state index contributed by atoms with van der Waals surface area (Å²) in [6.45, 7) is 3.92. The molecule has 0 bridgehead atoms. The van der Waals surface area contributed by atoms with Crippen molar-refractivity contribution in [2.75, 3.05) is 40.5 Å². The van der Waals surface area contributed by atoms with Gasteiger partial charge < -0.3 is 14.8 Å². The smallest absolute Gasteiger partial charge is 0.119 e. The van der Waals surface area contributed by atoms with Gasteiger partial charge in [-0.3, -0.25) is 4.90 Å². The number of fused-ring (bicyclic) bond motifs is 1. The van der Waals surface area contributed by atoms with E-state index in [0.29, 0.717) is 12.1 Å². The van der Waals surface area contributed by atoms with Crippen LogP contribution in [0.3, 0.4) is 0 Å². The third kappa shape index (κ3) is 2.55. The molecule has 0 radical (unpaired) electrons. The Morgan fingerprint density at radius 2 is 2.20 bits per heavy atom. The van der Waals surface area contributed by atoms with Gasteiger partial charge in [-0.1, -0.05) is 6.07 Å². The minimum atomic E-state index is 0.387. The third-order valence-corrected chi connectivity index (χ3v) is 4.54. The number of likely N-dealkylation sites (N-methyl/N-ethyl adjacent to an activating group) is 1. The van der Waals surface area contributed by atoms with Crippen molar-refractivity contribution >= 4 is 0 Å². The zero-order valence-corrected chi connectivity index (χ0v) is 12.4. The molecule has 1 aliphatic heterocycles. The molecule has 1 N–H and O–H groups in total. The molecule has 2 atom stereocenters. The van der Waals surface area contributed by atoms with Crippen LogP contribution in [0.4, 0.5) is 0 Å². The Morgan fingerprint density at radius 3 is 3.00 bits per heavy atom. The fraction of sp³-hybridized carbons (Fsp3) is 0.625. The van der Waals surface area contributed by atoms with Crippen molar-refractivity contribution in [2.24, 2.45) is 0 Å². The lowest BCUT2D eigenvalue weighted by molar-refractivity contribution is 0.125. The molecule has 1 heterocycles. The highest BCUT2D eigenvalue weighted by Gasteiger charge is 2.35. The SMILES string of the molecule is CNC1c2cc(OC)ccc2CC1N1CCCOCC1. The van der Waals surface area contributed by atoms with E-state index in [1.807, 2.05) is 0 Å². The molecule has 1 fully saturated rings. The van der Waals surface area contributed by atoms with Crippen molar-refractivity contribution < 1.29 is 9.47 Å². The molecule has 4 heteroatoms. The summed E-state index contributed by atoms with van der Waals surface area (Å²) in [6.07, 6.45) is 2.25. The van der Waals surface area contributed by atoms with Gasteiger partial charge in [0.1, 0.15) is 5.75 Å². The number of rotatable bonds is 3. The summed E-state index contributed by atoms with van der Waals surface area (Å²) in [5.41, 5.74) is 2.84. The first-order valence-electron chi connectivity index (χ1n) is 7.49. The average molecular weight is 276 g/mol. The van der Waals surface area contributed by atoms with Crippen molar-refractivity contribution in [3.05, 3.63) is 29.3 Å². The largest absolute Gasteiger partial charge is 0.497 e. The lowest BCUT2D eigenvalue weighted by Crippen LogP contribution is -2.43. The first-order chi connectivity index (χ1) is 9.83. The molecule has 1 aromatic rings. The molecule has 0 amide bonds. The topological polar surface area (TPSA) is 33.7 Å². The highest BCUT2D eigenvalue weighted by Crippen LogP contribution is 2.36. The Bertz CT molecular complexity index is 456. The zero-order chi connectivity index (χ0) is 13.9. The quantitative estimate of drug-likeness (QED) is 0.909. The van der Waals surface area contributed by atoms with Gasteiger partial charge in [-0.2, -0.15) is 0 Å². The predicted molar refractivity (Wildman–Crippen MR) is 79.3 cm³/mol. The van der Waals surface area contributed by atoms with Gasteiger partial charge in [0.15, 0.2) is 0 Å². The lowest BCUT2D eigenvalue weighted by atomic mass is 10.1. The monoisotopic (exact) mass is 276 g/mol. The van der Waals surface area contributed by atoms with E-state index in [9.17, 15) is 0 Å². The second-order valence-corrected chi connectivity index (χ2v) is 5.60. The van der Waals surface area contributed by atoms with Gasteiger partial charge in [0, 0.05) is 31.8 Å². The highest BCUT2D eigenvalue weighted by atomic mass is 16.5. The van der Waals surface area contributed by atoms with E-state index in [0.717, 1.165) is 44.9 Å². The number of nitrogens with zero attached hydrogens (tertiary/aromatic N) is 1. The fourth-order valence-electron chi connectivity index (χ4n) is 3.51. The van der Waals surface area contributed by atoms with Crippen LogP contribution in [0.15, 0.2) is 18.2 Å². The molecule has 1 saturated heterocycles. The van der Waals surface area contributed by atoms with Crippen LogP contribution in [-0.2, 0) is 11.2 Å². The zero-order valence-electron chi connectivity index (χ0n) is 12.4. The van der Waals surface area contributed by atoms with E-state index in [4.69, 9.17) is 9.47 Å². The second kappa shape index (κ2) is 6.12. The number of benzene rings is 1. The van der Waals surface area contributed by atoms with Gasteiger partial charge in [0.05, 0.1) is 13.7 Å². The van der Waals surface area contributed by atoms with Gasteiger partial charge in [0.25, 0.3) is 0 Å². The number of hydrogen-bond acceptors (Lipinski definition) is 4. The van der Waals surface area contributed by atoms with Crippen molar-refractivity contribution in [3.8, 4) is 5.75 Å². The van der Waals surface area contributed by atoms with Crippen molar-refractivity contribution in [2.45, 2.75) is 24.9 Å². The molecule has 2 aliphatic rings. The van der Waals surface area contributed by atoms with E-state index in [1.54, 1.807) is 7.11 Å². The molecule has 110 valence electrons. The summed E-state index contributed by atoms with van der Waals surface area (Å²) in [6, 6.07) is 7.39. The number of ether oxygens (including phenoxy) is 2. The Hall–Kier alpha value is -1.10. The Morgan fingerprint density at radius 1 is 1.30 bits per heavy atom. The van der Waals surface area contributed by atoms with E-state index >= 15 is 0 Å². The highest BCUT2D eigenvalue weighted by molar-refractivity contribution is 5.42. The standard InChI is InChI=1S/C16H24N2O2/c1-17-16-14-11-13(19-2)5-4-12(14)10-15(16)18-6-3-8-20-9-7-18/h4-5,11,15-17H,3,6-10H2,1-2H3. The van der Waals surface area contributed by atoms with E-state index < -0.39 is 0 Å². The second-order valence-electron chi connectivity index (χ2n) is 5.60. The third-order valence-electron chi connectivity index (χ3n) is 4.54. The summed E-state index contributed by atoms with van der Waals surface area (Å²) in [7, 11) is 3.79.